The summed E-state index contributed by atoms with van der Waals surface area (Å²) < 4.78 is 11.2. The van der Waals surface area contributed by atoms with Gasteiger partial charge in [0, 0.05) is 6.42 Å². The summed E-state index contributed by atoms with van der Waals surface area (Å²) in [4.78, 5) is 13.0. The van der Waals surface area contributed by atoms with E-state index in [1.54, 1.807) is 6.08 Å². The first-order chi connectivity index (χ1) is 31.8. The summed E-state index contributed by atoms with van der Waals surface area (Å²) in [6.45, 7) is 3.77. The lowest BCUT2D eigenvalue weighted by Gasteiger charge is -2.40. The molecule has 9 heteroatoms. The fraction of sp³-hybridized carbons (Fsp3) is 0.875. The van der Waals surface area contributed by atoms with Gasteiger partial charge in [-0.25, -0.2) is 0 Å². The summed E-state index contributed by atoms with van der Waals surface area (Å²) >= 11 is 0. The van der Waals surface area contributed by atoms with Crippen molar-refractivity contribution in [2.24, 2.45) is 0 Å². The van der Waals surface area contributed by atoms with E-state index in [0.29, 0.717) is 6.42 Å². The second-order valence-corrected chi connectivity index (χ2v) is 19.4. The first kappa shape index (κ1) is 61.4. The predicted octanol–water partition coefficient (Wildman–Crippen LogP) is 13.2. The maximum absolute atomic E-state index is 13.0. The molecule has 0 aliphatic carbocycles. The molecule has 0 spiro atoms. The van der Waals surface area contributed by atoms with Gasteiger partial charge in [0.2, 0.25) is 5.91 Å². The van der Waals surface area contributed by atoms with Crippen LogP contribution in [0.1, 0.15) is 258 Å². The molecule has 0 bridgehead atoms. The zero-order valence-corrected chi connectivity index (χ0v) is 42.3. The van der Waals surface area contributed by atoms with E-state index in [1.165, 1.54) is 180 Å². The lowest BCUT2D eigenvalue weighted by Crippen LogP contribution is -2.60. The summed E-state index contributed by atoms with van der Waals surface area (Å²) in [5.41, 5.74) is 0. The van der Waals surface area contributed by atoms with Crippen LogP contribution in [-0.4, -0.2) is 87.5 Å². The zero-order chi connectivity index (χ0) is 47.3. The van der Waals surface area contributed by atoms with Gasteiger partial charge in [-0.3, -0.25) is 4.79 Å². The monoisotopic (exact) mass is 920 g/mol. The molecule has 0 radical (unpaired) electrons. The van der Waals surface area contributed by atoms with Gasteiger partial charge in [-0.1, -0.05) is 230 Å². The molecule has 7 unspecified atom stereocenters. The molecule has 1 amide bonds. The van der Waals surface area contributed by atoms with Gasteiger partial charge in [-0.15, -0.1) is 0 Å². The van der Waals surface area contributed by atoms with Crippen LogP contribution in [0.3, 0.4) is 0 Å². The second-order valence-electron chi connectivity index (χ2n) is 19.4. The van der Waals surface area contributed by atoms with Crippen LogP contribution in [-0.2, 0) is 14.3 Å². The Labute approximate surface area is 400 Å². The molecule has 1 aliphatic rings. The number of nitrogens with one attached hydrogen (secondary N) is 1. The molecule has 0 saturated carbocycles. The number of aliphatic hydroxyl groups excluding tert-OH is 5. The molecular formula is C56H105NO8. The highest BCUT2D eigenvalue weighted by Crippen LogP contribution is 2.23. The van der Waals surface area contributed by atoms with Crippen molar-refractivity contribution in [3.63, 3.8) is 0 Å². The van der Waals surface area contributed by atoms with Gasteiger partial charge in [0.1, 0.15) is 24.4 Å². The fourth-order valence-electron chi connectivity index (χ4n) is 8.76. The van der Waals surface area contributed by atoms with E-state index in [-0.39, 0.29) is 12.5 Å². The van der Waals surface area contributed by atoms with Gasteiger partial charge in [-0.05, 0) is 57.8 Å². The van der Waals surface area contributed by atoms with Crippen molar-refractivity contribution in [2.45, 2.75) is 301 Å². The highest BCUT2D eigenvalue weighted by Gasteiger charge is 2.44. The summed E-state index contributed by atoms with van der Waals surface area (Å²) in [5, 5.41) is 54.4. The minimum Gasteiger partial charge on any atom is -0.394 e. The summed E-state index contributed by atoms with van der Waals surface area (Å²) in [7, 11) is 0. The van der Waals surface area contributed by atoms with Gasteiger partial charge in [0.05, 0.1) is 25.4 Å². The Hall–Kier alpha value is -1.59. The lowest BCUT2D eigenvalue weighted by molar-refractivity contribution is -0.302. The number of allylic oxidation sites excluding steroid dienone is 5. The number of hydrogen-bond donors (Lipinski definition) is 6. The molecule has 1 aliphatic heterocycles. The average molecular weight is 920 g/mol. The first-order valence-electron chi connectivity index (χ1n) is 27.7. The molecule has 1 saturated heterocycles. The predicted molar refractivity (Wildman–Crippen MR) is 272 cm³/mol. The molecule has 1 heterocycles. The van der Waals surface area contributed by atoms with Crippen LogP contribution in [0.25, 0.3) is 0 Å². The van der Waals surface area contributed by atoms with Crippen molar-refractivity contribution in [1.82, 2.24) is 5.32 Å². The maximum atomic E-state index is 13.0. The second kappa shape index (κ2) is 46.2. The Kier molecular flexibility index (Phi) is 43.6. The minimum atomic E-state index is -1.57. The number of amides is 1. The smallest absolute Gasteiger partial charge is 0.220 e. The molecule has 0 aromatic rings. The molecule has 382 valence electrons. The molecule has 0 aromatic heterocycles. The number of rotatable bonds is 47. The summed E-state index contributed by atoms with van der Waals surface area (Å²) in [6.07, 6.45) is 52.2. The molecule has 65 heavy (non-hydrogen) atoms. The van der Waals surface area contributed by atoms with Crippen LogP contribution >= 0.6 is 0 Å². The lowest BCUT2D eigenvalue weighted by atomic mass is 9.99. The summed E-state index contributed by atoms with van der Waals surface area (Å²) in [5.74, 6) is -0.194. The topological polar surface area (TPSA) is 149 Å². The van der Waals surface area contributed by atoms with Crippen LogP contribution in [0.15, 0.2) is 36.5 Å². The van der Waals surface area contributed by atoms with Gasteiger partial charge >= 0.3 is 0 Å². The van der Waals surface area contributed by atoms with Crippen molar-refractivity contribution in [1.29, 1.82) is 0 Å². The fourth-order valence-corrected chi connectivity index (χ4v) is 8.76. The van der Waals surface area contributed by atoms with E-state index in [9.17, 15) is 30.3 Å². The van der Waals surface area contributed by atoms with E-state index >= 15 is 0 Å². The molecular weight excluding hydrogens is 815 g/mol. The van der Waals surface area contributed by atoms with Gasteiger partial charge < -0.3 is 40.3 Å². The van der Waals surface area contributed by atoms with Crippen molar-refractivity contribution in [3.8, 4) is 0 Å². The third-order valence-electron chi connectivity index (χ3n) is 13.2. The quantitative estimate of drug-likeness (QED) is 0.0261. The standard InChI is InChI=1S/C56H105NO8/c1-3-5-7-9-11-13-15-17-19-20-21-22-23-24-25-26-27-28-29-30-32-33-35-37-39-41-43-45-50(59)49(48-64-56-55(63)54(62)53(61)51(47-58)65-56)57-52(60)46-44-42-40-38-36-34-31-18-16-14-12-10-8-6-4-2/h18,31,35,37,43,45,49-51,53-56,58-59,61-63H,3-17,19-30,32-34,36,38-42,44,46-48H2,1-2H3,(H,57,60)/b31-18-,37-35+,45-43+. The van der Waals surface area contributed by atoms with Crippen molar-refractivity contribution in [3.05, 3.63) is 36.5 Å². The molecule has 7 atom stereocenters. The van der Waals surface area contributed by atoms with Crippen molar-refractivity contribution >= 4 is 5.91 Å². The Morgan fingerprint density at radius 2 is 0.877 bits per heavy atom. The molecule has 6 N–H and O–H groups in total. The number of ether oxygens (including phenoxy) is 2. The molecule has 9 nitrogen and oxygen atoms in total. The normalized spacial score (nSPS) is 20.1. The first-order valence-corrected chi connectivity index (χ1v) is 27.7. The Balaban J connectivity index is 2.25. The van der Waals surface area contributed by atoms with Crippen LogP contribution in [0, 0.1) is 0 Å². The Bertz CT molecular complexity index is 1110. The third-order valence-corrected chi connectivity index (χ3v) is 13.2. The van der Waals surface area contributed by atoms with E-state index in [2.05, 4.69) is 43.5 Å². The molecule has 0 aromatic carbocycles. The van der Waals surface area contributed by atoms with Gasteiger partial charge in [0.25, 0.3) is 0 Å². The van der Waals surface area contributed by atoms with Crippen molar-refractivity contribution in [2.75, 3.05) is 13.2 Å². The van der Waals surface area contributed by atoms with Gasteiger partial charge in [0.15, 0.2) is 6.29 Å². The van der Waals surface area contributed by atoms with E-state index in [0.717, 1.165) is 57.8 Å². The third kappa shape index (κ3) is 36.1. The van der Waals surface area contributed by atoms with Crippen LogP contribution < -0.4 is 5.32 Å². The van der Waals surface area contributed by atoms with Crippen LogP contribution in [0.2, 0.25) is 0 Å². The summed E-state index contributed by atoms with van der Waals surface area (Å²) in [6, 6.07) is -0.825. The number of hydrogen-bond acceptors (Lipinski definition) is 8. The highest BCUT2D eigenvalue weighted by molar-refractivity contribution is 5.76. The van der Waals surface area contributed by atoms with E-state index in [4.69, 9.17) is 9.47 Å². The zero-order valence-electron chi connectivity index (χ0n) is 42.3. The van der Waals surface area contributed by atoms with Gasteiger partial charge in [-0.2, -0.15) is 0 Å². The van der Waals surface area contributed by atoms with E-state index < -0.39 is 49.5 Å². The minimum absolute atomic E-state index is 0.194. The SMILES string of the molecule is CCCCCCCC/C=C\CCCCCCCC(=O)NC(COC1OC(CO)C(O)C(O)C1O)C(O)/C=C/CC/C=C/CCCCCCCCCCCCCCCCCCCCCCC. The highest BCUT2D eigenvalue weighted by atomic mass is 16.7. The maximum Gasteiger partial charge on any atom is 0.220 e. The average Bonchev–Trinajstić information content (AvgIpc) is 3.31. The number of carbonyl (C=O) groups excluding carboxylic acids is 1. The Morgan fingerprint density at radius 1 is 0.508 bits per heavy atom. The molecule has 1 rings (SSSR count). The molecule has 1 fully saturated rings. The number of unbranched alkanes of at least 4 members (excludes halogenated alkanes) is 33. The van der Waals surface area contributed by atoms with Crippen LogP contribution in [0.5, 0.6) is 0 Å². The largest absolute Gasteiger partial charge is 0.394 e. The van der Waals surface area contributed by atoms with Crippen molar-refractivity contribution < 1.29 is 39.8 Å². The Morgan fingerprint density at radius 3 is 1.29 bits per heavy atom. The van der Waals surface area contributed by atoms with Crippen LogP contribution in [0.4, 0.5) is 0 Å². The number of aliphatic hydroxyl groups is 5. The number of carbonyl (C=O) groups is 1. The van der Waals surface area contributed by atoms with E-state index in [1.807, 2.05) is 6.08 Å².